The van der Waals surface area contributed by atoms with Crippen LogP contribution in [0.5, 0.6) is 0 Å². The molecule has 1 heterocycles. The van der Waals surface area contributed by atoms with Crippen LogP contribution in [-0.4, -0.2) is 35.6 Å². The fraction of sp³-hybridized carbons (Fsp3) is 0.818. The number of carbonyl (C=O) groups excluding carboxylic acids is 2. The van der Waals surface area contributed by atoms with E-state index in [1.165, 1.54) is 0 Å². The number of carbonyl (C=O) groups is 2. The van der Waals surface area contributed by atoms with Crippen LogP contribution in [0.15, 0.2) is 0 Å². The van der Waals surface area contributed by atoms with Gasteiger partial charge in [0.25, 0.3) is 0 Å². The molecule has 1 atom stereocenters. The Labute approximate surface area is 95.6 Å². The number of hydrogen-bond acceptors (Lipinski definition) is 3. The van der Waals surface area contributed by atoms with Crippen molar-refractivity contribution in [1.29, 1.82) is 0 Å². The molecule has 5 heteroatoms. The van der Waals surface area contributed by atoms with Gasteiger partial charge in [0, 0.05) is 19.5 Å². The Bertz CT molecular complexity index is 274. The molecular weight excluding hydrogens is 208 g/mol. The van der Waals surface area contributed by atoms with Gasteiger partial charge in [-0.1, -0.05) is 13.8 Å². The van der Waals surface area contributed by atoms with E-state index in [1.807, 2.05) is 13.8 Å². The average molecular weight is 228 g/mol. The molecule has 0 bridgehead atoms. The molecule has 5 nitrogen and oxygen atoms in total. The largest absolute Gasteiger partial charge is 0.388 e. The molecule has 0 aromatic heterocycles. The molecule has 0 saturated carbocycles. The molecule has 92 valence electrons. The van der Waals surface area contributed by atoms with E-state index in [0.29, 0.717) is 19.4 Å². The number of hydrogen-bond donors (Lipinski definition) is 3. The minimum atomic E-state index is -0.828. The van der Waals surface area contributed by atoms with Crippen molar-refractivity contribution < 1.29 is 14.7 Å². The third-order valence-corrected chi connectivity index (χ3v) is 3.26. The molecule has 0 spiro atoms. The lowest BCUT2D eigenvalue weighted by molar-refractivity contribution is -0.127. The predicted molar refractivity (Wildman–Crippen MR) is 59.7 cm³/mol. The molecular formula is C11H20N2O3. The number of aliphatic hydroxyl groups is 1. The van der Waals surface area contributed by atoms with Crippen LogP contribution >= 0.6 is 0 Å². The summed E-state index contributed by atoms with van der Waals surface area (Å²) in [5.74, 6) is -0.523. The first-order valence-electron chi connectivity index (χ1n) is 5.77. The summed E-state index contributed by atoms with van der Waals surface area (Å²) in [7, 11) is 0. The van der Waals surface area contributed by atoms with Crippen LogP contribution in [0, 0.1) is 5.92 Å². The smallest absolute Gasteiger partial charge is 0.225 e. The molecule has 0 aliphatic carbocycles. The minimum absolute atomic E-state index is 0.0820. The second kappa shape index (κ2) is 5.30. The normalized spacial score (nSPS) is 20.7. The molecule has 1 unspecified atom stereocenters. The van der Waals surface area contributed by atoms with Crippen molar-refractivity contribution in [3.05, 3.63) is 0 Å². The Balaban J connectivity index is 2.37. The highest BCUT2D eigenvalue weighted by Crippen LogP contribution is 2.14. The van der Waals surface area contributed by atoms with Crippen LogP contribution in [0.1, 0.15) is 33.1 Å². The van der Waals surface area contributed by atoms with Crippen molar-refractivity contribution in [2.75, 3.05) is 13.1 Å². The van der Waals surface area contributed by atoms with Gasteiger partial charge in [0.15, 0.2) is 0 Å². The molecule has 16 heavy (non-hydrogen) atoms. The van der Waals surface area contributed by atoms with Gasteiger partial charge in [0.2, 0.25) is 11.8 Å². The van der Waals surface area contributed by atoms with Crippen LogP contribution in [-0.2, 0) is 9.59 Å². The van der Waals surface area contributed by atoms with Gasteiger partial charge in [-0.15, -0.1) is 0 Å². The molecule has 2 amide bonds. The second-order valence-corrected chi connectivity index (χ2v) is 4.35. The van der Waals surface area contributed by atoms with Crippen molar-refractivity contribution in [3.8, 4) is 0 Å². The Morgan fingerprint density at radius 3 is 2.62 bits per heavy atom. The van der Waals surface area contributed by atoms with Gasteiger partial charge in [-0.25, -0.2) is 0 Å². The standard InChI is InChI=1S/C11H20N2O3/c1-3-11(16,4-2)7-13-10(15)8-5-9(14)12-6-8/h8,16H,3-7H2,1-2H3,(H,12,14)(H,13,15). The van der Waals surface area contributed by atoms with Crippen LogP contribution in [0.3, 0.4) is 0 Å². The molecule has 0 radical (unpaired) electrons. The minimum Gasteiger partial charge on any atom is -0.388 e. The quantitative estimate of drug-likeness (QED) is 0.609. The Kier molecular flexibility index (Phi) is 4.29. The average Bonchev–Trinajstić information content (AvgIpc) is 2.72. The monoisotopic (exact) mass is 228 g/mol. The molecule has 0 aromatic carbocycles. The predicted octanol–water partition coefficient (Wildman–Crippen LogP) is -0.210. The molecule has 1 saturated heterocycles. The first-order valence-corrected chi connectivity index (χ1v) is 5.77. The lowest BCUT2D eigenvalue weighted by atomic mass is 9.97. The SMILES string of the molecule is CCC(O)(CC)CNC(=O)C1CNC(=O)C1. The summed E-state index contributed by atoms with van der Waals surface area (Å²) in [6.45, 7) is 4.43. The van der Waals surface area contributed by atoms with Gasteiger partial charge < -0.3 is 15.7 Å². The third-order valence-electron chi connectivity index (χ3n) is 3.26. The fourth-order valence-electron chi connectivity index (χ4n) is 1.69. The van der Waals surface area contributed by atoms with E-state index in [4.69, 9.17) is 0 Å². The van der Waals surface area contributed by atoms with Crippen molar-refractivity contribution in [1.82, 2.24) is 10.6 Å². The van der Waals surface area contributed by atoms with Crippen LogP contribution in [0.25, 0.3) is 0 Å². The second-order valence-electron chi connectivity index (χ2n) is 4.35. The maximum Gasteiger partial charge on any atom is 0.225 e. The van der Waals surface area contributed by atoms with E-state index < -0.39 is 5.60 Å². The highest BCUT2D eigenvalue weighted by molar-refractivity contribution is 5.89. The van der Waals surface area contributed by atoms with Gasteiger partial charge in [-0.05, 0) is 12.8 Å². The summed E-state index contributed by atoms with van der Waals surface area (Å²) >= 11 is 0. The highest BCUT2D eigenvalue weighted by atomic mass is 16.3. The Morgan fingerprint density at radius 2 is 2.19 bits per heavy atom. The summed E-state index contributed by atoms with van der Waals surface area (Å²) in [5, 5.41) is 15.3. The molecule has 1 fully saturated rings. The summed E-state index contributed by atoms with van der Waals surface area (Å²) < 4.78 is 0. The number of nitrogens with one attached hydrogen (secondary N) is 2. The van der Waals surface area contributed by atoms with Gasteiger partial charge >= 0.3 is 0 Å². The molecule has 1 aliphatic heterocycles. The van der Waals surface area contributed by atoms with Crippen molar-refractivity contribution in [3.63, 3.8) is 0 Å². The Hall–Kier alpha value is -1.10. The molecule has 0 aromatic rings. The number of rotatable bonds is 5. The van der Waals surface area contributed by atoms with E-state index in [0.717, 1.165) is 0 Å². The van der Waals surface area contributed by atoms with Crippen LogP contribution < -0.4 is 10.6 Å². The fourth-order valence-corrected chi connectivity index (χ4v) is 1.69. The third kappa shape index (κ3) is 3.20. The molecule has 1 aliphatic rings. The summed E-state index contributed by atoms with van der Waals surface area (Å²) in [4.78, 5) is 22.6. The lowest BCUT2D eigenvalue weighted by Gasteiger charge is -2.25. The zero-order valence-corrected chi connectivity index (χ0v) is 9.88. The van der Waals surface area contributed by atoms with Crippen LogP contribution in [0.4, 0.5) is 0 Å². The van der Waals surface area contributed by atoms with Crippen molar-refractivity contribution in [2.45, 2.75) is 38.7 Å². The zero-order valence-electron chi connectivity index (χ0n) is 9.88. The molecule has 1 rings (SSSR count). The zero-order chi connectivity index (χ0) is 12.2. The van der Waals surface area contributed by atoms with E-state index in [-0.39, 0.29) is 30.7 Å². The van der Waals surface area contributed by atoms with E-state index in [1.54, 1.807) is 0 Å². The first kappa shape index (κ1) is 13.0. The van der Waals surface area contributed by atoms with E-state index in [2.05, 4.69) is 10.6 Å². The summed E-state index contributed by atoms with van der Waals surface area (Å²) in [6.07, 6.45) is 1.46. The van der Waals surface area contributed by atoms with Crippen molar-refractivity contribution in [2.24, 2.45) is 5.92 Å². The summed E-state index contributed by atoms with van der Waals surface area (Å²) in [6, 6.07) is 0. The summed E-state index contributed by atoms with van der Waals surface area (Å²) in [5.41, 5.74) is -0.828. The van der Waals surface area contributed by atoms with E-state index >= 15 is 0 Å². The lowest BCUT2D eigenvalue weighted by Crippen LogP contribution is -2.44. The van der Waals surface area contributed by atoms with Gasteiger partial charge in [0.05, 0.1) is 11.5 Å². The van der Waals surface area contributed by atoms with Crippen molar-refractivity contribution >= 4 is 11.8 Å². The maximum atomic E-state index is 11.7. The van der Waals surface area contributed by atoms with Gasteiger partial charge in [0.1, 0.15) is 0 Å². The topological polar surface area (TPSA) is 78.4 Å². The maximum absolute atomic E-state index is 11.7. The van der Waals surface area contributed by atoms with Gasteiger partial charge in [-0.2, -0.15) is 0 Å². The van der Waals surface area contributed by atoms with Gasteiger partial charge in [-0.3, -0.25) is 9.59 Å². The number of amides is 2. The molecule has 3 N–H and O–H groups in total. The highest BCUT2D eigenvalue weighted by Gasteiger charge is 2.30. The van der Waals surface area contributed by atoms with E-state index in [9.17, 15) is 14.7 Å². The van der Waals surface area contributed by atoms with Crippen LogP contribution in [0.2, 0.25) is 0 Å². The first-order chi connectivity index (χ1) is 7.50. The Morgan fingerprint density at radius 1 is 1.56 bits per heavy atom.